The van der Waals surface area contributed by atoms with Crippen molar-refractivity contribution >= 4 is 11.6 Å². The predicted octanol–water partition coefficient (Wildman–Crippen LogP) is 3.50. The summed E-state index contributed by atoms with van der Waals surface area (Å²) in [5, 5.41) is 0. The number of aryl methyl sites for hydroxylation is 2. The predicted molar refractivity (Wildman–Crippen MR) is 96.8 cm³/mol. The Morgan fingerprint density at radius 3 is 2.64 bits per heavy atom. The van der Waals surface area contributed by atoms with Crippen LogP contribution in [0.25, 0.3) is 0 Å². The molecule has 0 bridgehead atoms. The first-order valence-corrected chi connectivity index (χ1v) is 8.33. The first kappa shape index (κ1) is 17.1. The average Bonchev–Trinajstić information content (AvgIpc) is 2.59. The van der Waals surface area contributed by atoms with E-state index in [1.807, 2.05) is 57.2 Å². The Balaban J connectivity index is 1.76. The largest absolute Gasteiger partial charge is 0.493 e. The Labute approximate surface area is 148 Å². The summed E-state index contributed by atoms with van der Waals surface area (Å²) in [5.41, 5.74) is 2.95. The topological polar surface area (TPSA) is 48.0 Å². The molecule has 25 heavy (non-hydrogen) atoms. The number of carbonyl (C=O) groups is 1. The average molecular weight is 341 g/mol. The molecular formula is C20H23NO4. The summed E-state index contributed by atoms with van der Waals surface area (Å²) in [6.07, 6.45) is -0.0628. The molecule has 0 N–H and O–H groups in total. The second-order valence-corrected chi connectivity index (χ2v) is 6.35. The highest BCUT2D eigenvalue weighted by atomic mass is 16.5. The maximum Gasteiger partial charge on any atom is 0.265 e. The van der Waals surface area contributed by atoms with Crippen LogP contribution in [0.2, 0.25) is 0 Å². The van der Waals surface area contributed by atoms with Crippen LogP contribution in [-0.4, -0.2) is 32.3 Å². The molecule has 132 valence electrons. The molecule has 1 unspecified atom stereocenters. The molecule has 1 aliphatic rings. The zero-order valence-corrected chi connectivity index (χ0v) is 15.0. The van der Waals surface area contributed by atoms with E-state index in [4.69, 9.17) is 14.2 Å². The molecule has 1 heterocycles. The van der Waals surface area contributed by atoms with Gasteiger partial charge in [0, 0.05) is 0 Å². The third-order valence-electron chi connectivity index (χ3n) is 4.15. The van der Waals surface area contributed by atoms with Crippen LogP contribution in [0.1, 0.15) is 18.1 Å². The van der Waals surface area contributed by atoms with Crippen molar-refractivity contribution < 1.29 is 19.0 Å². The van der Waals surface area contributed by atoms with E-state index in [0.717, 1.165) is 22.6 Å². The zero-order chi connectivity index (χ0) is 18.0. The fourth-order valence-electron chi connectivity index (χ4n) is 2.90. The number of benzene rings is 2. The highest BCUT2D eigenvalue weighted by molar-refractivity contribution is 5.96. The lowest BCUT2D eigenvalue weighted by molar-refractivity contribution is -0.121. The molecule has 5 nitrogen and oxygen atoms in total. The van der Waals surface area contributed by atoms with Crippen LogP contribution in [0.5, 0.6) is 17.2 Å². The van der Waals surface area contributed by atoms with Gasteiger partial charge in [0.05, 0.1) is 19.3 Å². The number of fused-ring (bicyclic) bond motifs is 1. The number of methoxy groups -OCH3 is 1. The second kappa shape index (κ2) is 7.05. The minimum absolute atomic E-state index is 0.0561. The van der Waals surface area contributed by atoms with E-state index in [-0.39, 0.29) is 18.6 Å². The van der Waals surface area contributed by atoms with E-state index < -0.39 is 0 Å². The Morgan fingerprint density at radius 2 is 1.88 bits per heavy atom. The monoisotopic (exact) mass is 341 g/mol. The fraction of sp³-hybridized carbons (Fsp3) is 0.350. The van der Waals surface area contributed by atoms with Crippen LogP contribution in [0.4, 0.5) is 5.69 Å². The highest BCUT2D eigenvalue weighted by Crippen LogP contribution is 2.34. The van der Waals surface area contributed by atoms with Gasteiger partial charge in [0.1, 0.15) is 11.9 Å². The van der Waals surface area contributed by atoms with Gasteiger partial charge < -0.3 is 19.1 Å². The molecule has 2 aromatic rings. The number of anilines is 1. The molecule has 1 amide bonds. The van der Waals surface area contributed by atoms with Gasteiger partial charge in [-0.15, -0.1) is 0 Å². The molecule has 0 saturated heterocycles. The van der Waals surface area contributed by atoms with E-state index in [1.165, 1.54) is 0 Å². The molecule has 1 atom stereocenters. The van der Waals surface area contributed by atoms with Crippen molar-refractivity contribution in [3.63, 3.8) is 0 Å². The third-order valence-corrected chi connectivity index (χ3v) is 4.15. The summed E-state index contributed by atoms with van der Waals surface area (Å²) < 4.78 is 16.9. The highest BCUT2D eigenvalue weighted by Gasteiger charge is 2.28. The SMILES string of the molecule is COc1cc(C)ccc1OCC(=O)N1CC(C)Oc2cc(C)ccc21. The van der Waals surface area contributed by atoms with Crippen molar-refractivity contribution in [2.45, 2.75) is 26.9 Å². The number of hydrogen-bond donors (Lipinski definition) is 0. The molecule has 1 aliphatic heterocycles. The fourth-order valence-corrected chi connectivity index (χ4v) is 2.90. The van der Waals surface area contributed by atoms with Crippen LogP contribution in [-0.2, 0) is 4.79 Å². The molecule has 0 saturated carbocycles. The summed E-state index contributed by atoms with van der Waals surface area (Å²) in [5.74, 6) is 1.81. The molecule has 5 heteroatoms. The molecule has 0 aliphatic carbocycles. The number of ether oxygens (including phenoxy) is 3. The summed E-state index contributed by atoms with van der Waals surface area (Å²) in [6, 6.07) is 11.5. The Morgan fingerprint density at radius 1 is 1.16 bits per heavy atom. The molecule has 2 aromatic carbocycles. The van der Waals surface area contributed by atoms with Gasteiger partial charge in [-0.2, -0.15) is 0 Å². The van der Waals surface area contributed by atoms with Crippen LogP contribution >= 0.6 is 0 Å². The van der Waals surface area contributed by atoms with Gasteiger partial charge in [0.25, 0.3) is 5.91 Å². The molecule has 0 radical (unpaired) electrons. The summed E-state index contributed by atoms with van der Waals surface area (Å²) in [6.45, 7) is 6.38. The van der Waals surface area contributed by atoms with Crippen LogP contribution in [0.15, 0.2) is 36.4 Å². The minimum Gasteiger partial charge on any atom is -0.493 e. The first-order valence-electron chi connectivity index (χ1n) is 8.33. The molecule has 0 spiro atoms. The maximum absolute atomic E-state index is 12.7. The van der Waals surface area contributed by atoms with Crippen molar-refractivity contribution in [1.29, 1.82) is 0 Å². The third kappa shape index (κ3) is 3.71. The molecule has 3 rings (SSSR count). The van der Waals surface area contributed by atoms with Gasteiger partial charge in [0.15, 0.2) is 18.1 Å². The number of carbonyl (C=O) groups excluding carboxylic acids is 1. The normalized spacial score (nSPS) is 16.0. The molecule has 0 aromatic heterocycles. The standard InChI is InChI=1S/C20H23NO4/c1-13-5-7-16-18(9-13)25-15(3)11-21(16)20(22)12-24-17-8-6-14(2)10-19(17)23-4/h5-10,15H,11-12H2,1-4H3. The summed E-state index contributed by atoms with van der Waals surface area (Å²) in [7, 11) is 1.59. The van der Waals surface area contributed by atoms with Gasteiger partial charge in [-0.1, -0.05) is 12.1 Å². The van der Waals surface area contributed by atoms with Gasteiger partial charge in [-0.3, -0.25) is 4.79 Å². The lowest BCUT2D eigenvalue weighted by Gasteiger charge is -2.33. The van der Waals surface area contributed by atoms with Crippen molar-refractivity contribution in [3.8, 4) is 17.2 Å². The van der Waals surface area contributed by atoms with Gasteiger partial charge in [-0.05, 0) is 56.2 Å². The molecule has 0 fully saturated rings. The van der Waals surface area contributed by atoms with Crippen LogP contribution in [0.3, 0.4) is 0 Å². The Kier molecular flexibility index (Phi) is 4.83. The van der Waals surface area contributed by atoms with E-state index in [1.54, 1.807) is 12.0 Å². The molecular weight excluding hydrogens is 318 g/mol. The lowest BCUT2D eigenvalue weighted by Crippen LogP contribution is -2.44. The van der Waals surface area contributed by atoms with Gasteiger partial charge in [-0.25, -0.2) is 0 Å². The van der Waals surface area contributed by atoms with Crippen molar-refractivity contribution in [2.75, 3.05) is 25.2 Å². The van der Waals surface area contributed by atoms with Gasteiger partial charge in [0.2, 0.25) is 0 Å². The summed E-state index contributed by atoms with van der Waals surface area (Å²) in [4.78, 5) is 14.5. The summed E-state index contributed by atoms with van der Waals surface area (Å²) >= 11 is 0. The minimum atomic E-state index is -0.108. The lowest BCUT2D eigenvalue weighted by atomic mass is 10.1. The quantitative estimate of drug-likeness (QED) is 0.854. The van der Waals surface area contributed by atoms with Crippen molar-refractivity contribution in [3.05, 3.63) is 47.5 Å². The smallest absolute Gasteiger partial charge is 0.265 e. The zero-order valence-electron chi connectivity index (χ0n) is 15.0. The number of nitrogens with zero attached hydrogens (tertiary/aromatic N) is 1. The second-order valence-electron chi connectivity index (χ2n) is 6.35. The van der Waals surface area contributed by atoms with E-state index in [2.05, 4.69) is 0 Å². The number of hydrogen-bond acceptors (Lipinski definition) is 4. The Bertz CT molecular complexity index is 787. The number of rotatable bonds is 4. The van der Waals surface area contributed by atoms with E-state index >= 15 is 0 Å². The van der Waals surface area contributed by atoms with Crippen LogP contribution < -0.4 is 19.1 Å². The van der Waals surface area contributed by atoms with E-state index in [9.17, 15) is 4.79 Å². The van der Waals surface area contributed by atoms with Gasteiger partial charge >= 0.3 is 0 Å². The Hall–Kier alpha value is -2.69. The van der Waals surface area contributed by atoms with Crippen molar-refractivity contribution in [2.24, 2.45) is 0 Å². The van der Waals surface area contributed by atoms with Crippen molar-refractivity contribution in [1.82, 2.24) is 0 Å². The number of amides is 1. The first-order chi connectivity index (χ1) is 12.0. The van der Waals surface area contributed by atoms with Crippen LogP contribution in [0, 0.1) is 13.8 Å². The van der Waals surface area contributed by atoms with E-state index in [0.29, 0.717) is 18.0 Å². The maximum atomic E-state index is 12.7.